The van der Waals surface area contributed by atoms with Crippen molar-refractivity contribution in [1.29, 1.82) is 0 Å². The minimum Gasteiger partial charge on any atom is -0.326 e. The predicted octanol–water partition coefficient (Wildman–Crippen LogP) is 4.83. The van der Waals surface area contributed by atoms with Crippen LogP contribution in [0.25, 0.3) is 0 Å². The summed E-state index contributed by atoms with van der Waals surface area (Å²) in [5, 5.41) is 5.48. The van der Waals surface area contributed by atoms with Crippen LogP contribution in [0.15, 0.2) is 46.9 Å². The van der Waals surface area contributed by atoms with Crippen LogP contribution in [-0.4, -0.2) is 11.8 Å². The molecule has 0 heterocycles. The summed E-state index contributed by atoms with van der Waals surface area (Å²) in [4.78, 5) is 23.9. The van der Waals surface area contributed by atoms with Gasteiger partial charge >= 0.3 is 0 Å². The summed E-state index contributed by atoms with van der Waals surface area (Å²) in [6, 6.07) is 10.7. The average Bonchev–Trinajstić information content (AvgIpc) is 2.50. The van der Waals surface area contributed by atoms with E-state index < -0.39 is 11.7 Å². The summed E-state index contributed by atoms with van der Waals surface area (Å²) >= 11 is 3.23. The number of anilines is 2. The van der Waals surface area contributed by atoms with E-state index in [0.29, 0.717) is 22.3 Å². The summed E-state index contributed by atoms with van der Waals surface area (Å²) in [6.07, 6.45) is 0.450. The van der Waals surface area contributed by atoms with Crippen molar-refractivity contribution in [3.8, 4) is 0 Å². The molecule has 0 saturated heterocycles. The second-order valence-corrected chi connectivity index (χ2v) is 6.66. The van der Waals surface area contributed by atoms with Crippen molar-refractivity contribution in [3.05, 3.63) is 58.3 Å². The molecule has 0 aromatic heterocycles. The molecule has 0 atom stereocenters. The highest BCUT2D eigenvalue weighted by Gasteiger charge is 2.12. The van der Waals surface area contributed by atoms with E-state index in [0.717, 1.165) is 0 Å². The fraction of sp³-hybridized carbons (Fsp3) is 0.222. The molecule has 0 unspecified atom stereocenters. The van der Waals surface area contributed by atoms with E-state index in [2.05, 4.69) is 26.6 Å². The lowest BCUT2D eigenvalue weighted by Gasteiger charge is -2.10. The Bertz CT molecular complexity index is 745. The van der Waals surface area contributed by atoms with Crippen molar-refractivity contribution < 1.29 is 14.0 Å². The molecule has 0 bridgehead atoms. The minimum absolute atomic E-state index is 0.0505. The molecule has 0 spiro atoms. The van der Waals surface area contributed by atoms with Gasteiger partial charge in [-0.1, -0.05) is 13.8 Å². The predicted molar refractivity (Wildman–Crippen MR) is 96.6 cm³/mol. The van der Waals surface area contributed by atoms with Crippen molar-refractivity contribution in [1.82, 2.24) is 0 Å². The van der Waals surface area contributed by atoms with E-state index in [1.165, 1.54) is 18.2 Å². The van der Waals surface area contributed by atoms with Crippen LogP contribution in [0.4, 0.5) is 15.8 Å². The smallest absolute Gasteiger partial charge is 0.256 e. The molecule has 0 aliphatic heterocycles. The van der Waals surface area contributed by atoms with Gasteiger partial charge in [-0.05, 0) is 64.3 Å². The first-order valence-corrected chi connectivity index (χ1v) is 8.31. The zero-order chi connectivity index (χ0) is 17.7. The topological polar surface area (TPSA) is 58.2 Å². The lowest BCUT2D eigenvalue weighted by atomic mass is 10.1. The van der Waals surface area contributed by atoms with E-state index in [1.807, 2.05) is 13.8 Å². The molecule has 2 rings (SSSR count). The average molecular weight is 393 g/mol. The molecule has 126 valence electrons. The molecular weight excluding hydrogens is 375 g/mol. The highest BCUT2D eigenvalue weighted by Crippen LogP contribution is 2.20. The van der Waals surface area contributed by atoms with Crippen LogP contribution in [0.5, 0.6) is 0 Å². The van der Waals surface area contributed by atoms with Crippen LogP contribution in [0.3, 0.4) is 0 Å². The molecule has 0 aliphatic rings. The Morgan fingerprint density at radius 1 is 1.04 bits per heavy atom. The van der Waals surface area contributed by atoms with Crippen LogP contribution in [-0.2, 0) is 4.79 Å². The third-order valence-electron chi connectivity index (χ3n) is 3.19. The largest absolute Gasteiger partial charge is 0.326 e. The molecule has 0 radical (unpaired) electrons. The Morgan fingerprint density at radius 3 is 2.21 bits per heavy atom. The first-order chi connectivity index (χ1) is 11.3. The van der Waals surface area contributed by atoms with Gasteiger partial charge in [0.25, 0.3) is 5.91 Å². The van der Waals surface area contributed by atoms with Gasteiger partial charge in [0.05, 0.1) is 5.56 Å². The standard InChI is InChI=1S/C18H18BrFN2O2/c1-11(2)9-17(23)21-13-4-6-14(7-5-13)22-18(24)15-10-12(20)3-8-16(15)19/h3-8,10-11H,9H2,1-2H3,(H,21,23)(H,22,24). The Kier molecular flexibility index (Phi) is 6.09. The van der Waals surface area contributed by atoms with Crippen LogP contribution in [0.2, 0.25) is 0 Å². The highest BCUT2D eigenvalue weighted by molar-refractivity contribution is 9.10. The molecule has 24 heavy (non-hydrogen) atoms. The Hall–Kier alpha value is -2.21. The number of carbonyl (C=O) groups is 2. The van der Waals surface area contributed by atoms with Crippen LogP contribution >= 0.6 is 15.9 Å². The first kappa shape index (κ1) is 18.1. The molecule has 0 saturated carbocycles. The van der Waals surface area contributed by atoms with Crippen molar-refractivity contribution in [2.24, 2.45) is 5.92 Å². The second-order valence-electron chi connectivity index (χ2n) is 5.80. The number of benzene rings is 2. The van der Waals surface area contributed by atoms with E-state index >= 15 is 0 Å². The van der Waals surface area contributed by atoms with Crippen LogP contribution in [0, 0.1) is 11.7 Å². The summed E-state index contributed by atoms with van der Waals surface area (Å²) in [5.74, 6) is -0.664. The molecule has 2 N–H and O–H groups in total. The molecule has 2 aromatic carbocycles. The lowest BCUT2D eigenvalue weighted by molar-refractivity contribution is -0.116. The lowest BCUT2D eigenvalue weighted by Crippen LogP contribution is -2.14. The zero-order valence-electron chi connectivity index (χ0n) is 13.4. The van der Waals surface area contributed by atoms with Crippen LogP contribution in [0.1, 0.15) is 30.6 Å². The fourth-order valence-electron chi connectivity index (χ4n) is 2.09. The number of carbonyl (C=O) groups excluding carboxylic acids is 2. The summed E-state index contributed by atoms with van der Waals surface area (Å²) < 4.78 is 13.8. The zero-order valence-corrected chi connectivity index (χ0v) is 15.0. The van der Waals surface area contributed by atoms with Crippen molar-refractivity contribution in [3.63, 3.8) is 0 Å². The first-order valence-electron chi connectivity index (χ1n) is 7.51. The number of amides is 2. The Balaban J connectivity index is 2.02. The third kappa shape index (κ3) is 5.16. The Morgan fingerprint density at radius 2 is 1.62 bits per heavy atom. The van der Waals surface area contributed by atoms with Gasteiger partial charge in [0.15, 0.2) is 0 Å². The third-order valence-corrected chi connectivity index (χ3v) is 3.88. The number of halogens is 2. The van der Waals surface area contributed by atoms with E-state index in [4.69, 9.17) is 0 Å². The molecule has 0 aliphatic carbocycles. The minimum atomic E-state index is -0.480. The summed E-state index contributed by atoms with van der Waals surface area (Å²) in [6.45, 7) is 3.95. The molecule has 2 amide bonds. The van der Waals surface area contributed by atoms with Gasteiger partial charge in [-0.25, -0.2) is 4.39 Å². The van der Waals surface area contributed by atoms with Gasteiger partial charge in [0.1, 0.15) is 5.82 Å². The van der Waals surface area contributed by atoms with Gasteiger partial charge in [0.2, 0.25) is 5.91 Å². The van der Waals surface area contributed by atoms with Gasteiger partial charge in [-0.2, -0.15) is 0 Å². The van der Waals surface area contributed by atoms with Gasteiger partial charge in [0, 0.05) is 22.3 Å². The second kappa shape index (κ2) is 8.06. The van der Waals surface area contributed by atoms with E-state index in [-0.39, 0.29) is 17.4 Å². The number of nitrogens with one attached hydrogen (secondary N) is 2. The van der Waals surface area contributed by atoms with Crippen LogP contribution < -0.4 is 10.6 Å². The van der Waals surface area contributed by atoms with Crippen molar-refractivity contribution in [2.45, 2.75) is 20.3 Å². The van der Waals surface area contributed by atoms with Gasteiger partial charge in [-0.15, -0.1) is 0 Å². The van der Waals surface area contributed by atoms with Gasteiger partial charge in [-0.3, -0.25) is 9.59 Å². The molecule has 2 aromatic rings. The maximum Gasteiger partial charge on any atom is 0.256 e. The van der Waals surface area contributed by atoms with Gasteiger partial charge < -0.3 is 10.6 Å². The van der Waals surface area contributed by atoms with E-state index in [1.54, 1.807) is 24.3 Å². The molecular formula is C18H18BrFN2O2. The maximum absolute atomic E-state index is 13.3. The SMILES string of the molecule is CC(C)CC(=O)Nc1ccc(NC(=O)c2cc(F)ccc2Br)cc1. The van der Waals surface area contributed by atoms with E-state index in [9.17, 15) is 14.0 Å². The quantitative estimate of drug-likeness (QED) is 0.765. The molecule has 0 fully saturated rings. The molecule has 4 nitrogen and oxygen atoms in total. The molecule has 6 heteroatoms. The summed E-state index contributed by atoms with van der Waals surface area (Å²) in [5.41, 5.74) is 1.42. The normalized spacial score (nSPS) is 10.5. The number of hydrogen-bond donors (Lipinski definition) is 2. The summed E-state index contributed by atoms with van der Waals surface area (Å²) in [7, 11) is 0. The number of rotatable bonds is 5. The van der Waals surface area contributed by atoms with Crippen molar-refractivity contribution in [2.75, 3.05) is 10.6 Å². The maximum atomic E-state index is 13.3. The Labute approximate surface area is 148 Å². The monoisotopic (exact) mass is 392 g/mol. The van der Waals surface area contributed by atoms with Crippen molar-refractivity contribution >= 4 is 39.1 Å². The fourth-order valence-corrected chi connectivity index (χ4v) is 2.52. The number of hydrogen-bond acceptors (Lipinski definition) is 2. The highest BCUT2D eigenvalue weighted by atomic mass is 79.9.